The zero-order valence-electron chi connectivity index (χ0n) is 11.9. The van der Waals surface area contributed by atoms with E-state index in [9.17, 15) is 4.79 Å². The lowest BCUT2D eigenvalue weighted by molar-refractivity contribution is -0.133. The molecule has 2 unspecified atom stereocenters. The van der Waals surface area contributed by atoms with E-state index in [-0.39, 0.29) is 5.91 Å². The number of nitrogens with two attached hydrogens (primary N) is 1. The largest absolute Gasteiger partial charge is 0.337 e. The smallest absolute Gasteiger partial charge is 0.227 e. The fourth-order valence-electron chi connectivity index (χ4n) is 2.98. The van der Waals surface area contributed by atoms with E-state index in [1.54, 1.807) is 0 Å². The van der Waals surface area contributed by atoms with Crippen LogP contribution in [0, 0.1) is 0 Å². The lowest BCUT2D eigenvalue weighted by Gasteiger charge is -2.28. The molecule has 1 fully saturated rings. The molecule has 0 radical (unpaired) electrons. The fraction of sp³-hybridized carbons (Fsp3) is 0.562. The van der Waals surface area contributed by atoms with Gasteiger partial charge in [-0.05, 0) is 37.3 Å². The van der Waals surface area contributed by atoms with Crippen molar-refractivity contribution in [1.82, 2.24) is 4.90 Å². The van der Waals surface area contributed by atoms with Gasteiger partial charge in [0.25, 0.3) is 0 Å². The summed E-state index contributed by atoms with van der Waals surface area (Å²) < 4.78 is 0. The summed E-state index contributed by atoms with van der Waals surface area (Å²) in [6.45, 7) is 4.87. The van der Waals surface area contributed by atoms with E-state index < -0.39 is 0 Å². The molecule has 1 aliphatic heterocycles. The van der Waals surface area contributed by atoms with E-state index in [0.717, 1.165) is 30.4 Å². The Morgan fingerprint density at radius 3 is 2.47 bits per heavy atom. The molecule has 1 heterocycles. The zero-order chi connectivity index (χ0) is 13.8. The Labute approximate surface area is 115 Å². The van der Waals surface area contributed by atoms with Crippen molar-refractivity contribution in [1.29, 1.82) is 0 Å². The van der Waals surface area contributed by atoms with Gasteiger partial charge in [0.1, 0.15) is 0 Å². The highest BCUT2D eigenvalue weighted by Crippen LogP contribution is 2.26. The number of carbonyl (C=O) groups excluding carboxylic acids is 1. The Kier molecular flexibility index (Phi) is 4.59. The third kappa shape index (κ3) is 3.16. The normalized spacial score (nSPS) is 22.8. The lowest BCUT2D eigenvalue weighted by Crippen LogP contribution is -2.40. The molecule has 2 N–H and O–H groups in total. The van der Waals surface area contributed by atoms with Crippen LogP contribution in [0.15, 0.2) is 24.3 Å². The summed E-state index contributed by atoms with van der Waals surface area (Å²) in [7, 11) is 0. The van der Waals surface area contributed by atoms with Crippen LogP contribution in [-0.4, -0.2) is 22.9 Å². The number of carbonyl (C=O) groups is 1. The number of nitrogens with zero attached hydrogens (tertiary/aromatic N) is 1. The maximum atomic E-state index is 12.5. The summed E-state index contributed by atoms with van der Waals surface area (Å²) in [4.78, 5) is 14.5. The summed E-state index contributed by atoms with van der Waals surface area (Å²) >= 11 is 0. The molecule has 3 heteroatoms. The first-order valence-electron chi connectivity index (χ1n) is 7.24. The fourth-order valence-corrected chi connectivity index (χ4v) is 2.98. The van der Waals surface area contributed by atoms with Gasteiger partial charge in [-0.25, -0.2) is 0 Å². The Morgan fingerprint density at radius 1 is 1.26 bits per heavy atom. The molecule has 0 saturated carbocycles. The molecule has 2 atom stereocenters. The Bertz CT molecular complexity index is 427. The highest BCUT2D eigenvalue weighted by atomic mass is 16.2. The van der Waals surface area contributed by atoms with Crippen LogP contribution in [0.3, 0.4) is 0 Å². The first kappa shape index (κ1) is 14.1. The molecular weight excluding hydrogens is 236 g/mol. The van der Waals surface area contributed by atoms with Crippen molar-refractivity contribution in [3.8, 4) is 0 Å². The minimum Gasteiger partial charge on any atom is -0.337 e. The summed E-state index contributed by atoms with van der Waals surface area (Å²) in [6, 6.07) is 8.87. The van der Waals surface area contributed by atoms with Gasteiger partial charge in [0.05, 0.1) is 6.42 Å². The predicted molar refractivity (Wildman–Crippen MR) is 77.7 cm³/mol. The van der Waals surface area contributed by atoms with Crippen LogP contribution in [0.25, 0.3) is 0 Å². The first-order valence-corrected chi connectivity index (χ1v) is 7.24. The van der Waals surface area contributed by atoms with Crippen molar-refractivity contribution in [3.63, 3.8) is 0 Å². The van der Waals surface area contributed by atoms with Crippen LogP contribution < -0.4 is 5.73 Å². The lowest BCUT2D eigenvalue weighted by atomic mass is 10.1. The topological polar surface area (TPSA) is 46.3 Å². The molecule has 1 aromatic rings. The SMILES string of the molecule is CCC1CCC(C)N1C(=O)Cc1ccc(CN)cc1. The number of hydrogen-bond donors (Lipinski definition) is 1. The number of likely N-dealkylation sites (tertiary alicyclic amines) is 1. The molecule has 1 saturated heterocycles. The summed E-state index contributed by atoms with van der Waals surface area (Å²) in [6.07, 6.45) is 3.85. The molecule has 104 valence electrons. The van der Waals surface area contributed by atoms with Crippen molar-refractivity contribution < 1.29 is 4.79 Å². The van der Waals surface area contributed by atoms with E-state index in [2.05, 4.69) is 18.7 Å². The molecule has 0 spiro atoms. The predicted octanol–water partition coefficient (Wildman–Crippen LogP) is 2.48. The minimum atomic E-state index is 0.261. The maximum Gasteiger partial charge on any atom is 0.227 e. The van der Waals surface area contributed by atoms with Gasteiger partial charge in [0.2, 0.25) is 5.91 Å². The molecule has 19 heavy (non-hydrogen) atoms. The van der Waals surface area contributed by atoms with E-state index >= 15 is 0 Å². The minimum absolute atomic E-state index is 0.261. The maximum absolute atomic E-state index is 12.5. The van der Waals surface area contributed by atoms with E-state index in [4.69, 9.17) is 5.73 Å². The van der Waals surface area contributed by atoms with Crippen molar-refractivity contribution in [2.45, 2.75) is 58.2 Å². The summed E-state index contributed by atoms with van der Waals surface area (Å²) in [5.41, 5.74) is 7.77. The first-order chi connectivity index (χ1) is 9.15. The van der Waals surface area contributed by atoms with E-state index in [1.165, 1.54) is 0 Å². The molecule has 1 amide bonds. The molecule has 3 nitrogen and oxygen atoms in total. The van der Waals surface area contributed by atoms with Crippen molar-refractivity contribution in [2.75, 3.05) is 0 Å². The van der Waals surface area contributed by atoms with E-state index in [1.807, 2.05) is 24.3 Å². The Morgan fingerprint density at radius 2 is 1.89 bits per heavy atom. The second kappa shape index (κ2) is 6.20. The third-order valence-corrected chi connectivity index (χ3v) is 4.16. The quantitative estimate of drug-likeness (QED) is 0.904. The van der Waals surface area contributed by atoms with E-state index in [0.29, 0.717) is 25.0 Å². The van der Waals surface area contributed by atoms with Gasteiger partial charge in [-0.2, -0.15) is 0 Å². The van der Waals surface area contributed by atoms with Crippen LogP contribution in [0.1, 0.15) is 44.2 Å². The average Bonchev–Trinajstić information content (AvgIpc) is 2.80. The van der Waals surface area contributed by atoms with Crippen LogP contribution in [0.2, 0.25) is 0 Å². The molecule has 1 aromatic carbocycles. The van der Waals surface area contributed by atoms with Crippen molar-refractivity contribution >= 4 is 5.91 Å². The Balaban J connectivity index is 2.03. The van der Waals surface area contributed by atoms with Crippen LogP contribution in [0.5, 0.6) is 0 Å². The molecule has 0 aromatic heterocycles. The summed E-state index contributed by atoms with van der Waals surface area (Å²) in [5.74, 6) is 0.261. The number of hydrogen-bond acceptors (Lipinski definition) is 2. The third-order valence-electron chi connectivity index (χ3n) is 4.16. The van der Waals surface area contributed by atoms with Gasteiger partial charge in [-0.1, -0.05) is 31.2 Å². The van der Waals surface area contributed by atoms with Gasteiger partial charge < -0.3 is 10.6 Å². The second-order valence-corrected chi connectivity index (χ2v) is 5.49. The van der Waals surface area contributed by atoms with Crippen LogP contribution in [-0.2, 0) is 17.8 Å². The molecule has 2 rings (SSSR count). The number of amides is 1. The second-order valence-electron chi connectivity index (χ2n) is 5.49. The van der Waals surface area contributed by atoms with Crippen LogP contribution >= 0.6 is 0 Å². The Hall–Kier alpha value is -1.35. The van der Waals surface area contributed by atoms with Crippen molar-refractivity contribution in [3.05, 3.63) is 35.4 Å². The monoisotopic (exact) mass is 260 g/mol. The highest BCUT2D eigenvalue weighted by Gasteiger charge is 2.32. The van der Waals surface area contributed by atoms with Crippen LogP contribution in [0.4, 0.5) is 0 Å². The molecular formula is C16H24N2O. The standard InChI is InChI=1S/C16H24N2O/c1-3-15-9-4-12(2)18(15)16(19)10-13-5-7-14(11-17)8-6-13/h5-8,12,15H,3-4,9-11,17H2,1-2H3. The molecule has 0 aliphatic carbocycles. The van der Waals surface area contributed by atoms with Crippen molar-refractivity contribution in [2.24, 2.45) is 5.73 Å². The number of rotatable bonds is 4. The van der Waals surface area contributed by atoms with Gasteiger partial charge in [-0.3, -0.25) is 4.79 Å². The zero-order valence-corrected chi connectivity index (χ0v) is 11.9. The number of benzene rings is 1. The molecule has 1 aliphatic rings. The average molecular weight is 260 g/mol. The van der Waals surface area contributed by atoms with Gasteiger partial charge in [-0.15, -0.1) is 0 Å². The van der Waals surface area contributed by atoms with Gasteiger partial charge in [0, 0.05) is 18.6 Å². The van der Waals surface area contributed by atoms with Gasteiger partial charge >= 0.3 is 0 Å². The summed E-state index contributed by atoms with van der Waals surface area (Å²) in [5, 5.41) is 0. The highest BCUT2D eigenvalue weighted by molar-refractivity contribution is 5.79. The molecule has 0 bridgehead atoms. The van der Waals surface area contributed by atoms with Gasteiger partial charge in [0.15, 0.2) is 0 Å².